The van der Waals surface area contributed by atoms with Crippen LogP contribution in [0.3, 0.4) is 0 Å². The van der Waals surface area contributed by atoms with Crippen LogP contribution in [0.5, 0.6) is 5.75 Å². The van der Waals surface area contributed by atoms with Gasteiger partial charge in [0.1, 0.15) is 16.5 Å². The van der Waals surface area contributed by atoms with E-state index in [0.29, 0.717) is 33.7 Å². The summed E-state index contributed by atoms with van der Waals surface area (Å²) in [5.74, 6) is 5.78. The second-order valence-electron chi connectivity index (χ2n) is 6.29. The molecule has 1 aromatic carbocycles. The average Bonchev–Trinajstić information content (AvgIpc) is 3.08. The van der Waals surface area contributed by atoms with Crippen LogP contribution < -0.4 is 15.4 Å². The highest BCUT2D eigenvalue weighted by Gasteiger charge is 2.33. The molecule has 0 aliphatic rings. The number of ether oxygens (including phenoxy) is 1. The maximum atomic E-state index is 13.1. The molecule has 2 N–H and O–H groups in total. The van der Waals surface area contributed by atoms with Gasteiger partial charge in [-0.15, -0.1) is 0 Å². The van der Waals surface area contributed by atoms with Crippen molar-refractivity contribution in [1.82, 2.24) is 14.7 Å². The first kappa shape index (κ1) is 23.8. The molecule has 3 rings (SSSR count). The largest absolute Gasteiger partial charge is 0.495 e. The molecular weight excluding hydrogens is 509 g/mol. The molecule has 0 bridgehead atoms. The molecule has 3 aromatic rings. The van der Waals surface area contributed by atoms with Gasteiger partial charge in [-0.05, 0) is 59.1 Å². The van der Waals surface area contributed by atoms with Gasteiger partial charge in [-0.2, -0.15) is 13.2 Å². The van der Waals surface area contributed by atoms with Crippen LogP contribution >= 0.6 is 27.7 Å². The lowest BCUT2D eigenvalue weighted by molar-refractivity contribution is -0.0330. The van der Waals surface area contributed by atoms with Crippen molar-refractivity contribution in [2.24, 2.45) is 0 Å². The molecule has 0 spiro atoms. The van der Waals surface area contributed by atoms with Crippen LogP contribution in [0.15, 0.2) is 46.0 Å². The lowest BCUT2D eigenvalue weighted by Crippen LogP contribution is -2.22. The summed E-state index contributed by atoms with van der Waals surface area (Å²) in [6.07, 6.45) is 1.50. The van der Waals surface area contributed by atoms with Crippen LogP contribution in [0.25, 0.3) is 5.65 Å². The maximum Gasteiger partial charge on any atom is 0.447 e. The molecule has 0 radical (unpaired) electrons. The minimum Gasteiger partial charge on any atom is -0.495 e. The van der Waals surface area contributed by atoms with E-state index in [1.165, 1.54) is 17.7 Å². The van der Waals surface area contributed by atoms with Crippen LogP contribution in [0.4, 0.5) is 18.9 Å². The number of rotatable bonds is 6. The summed E-state index contributed by atoms with van der Waals surface area (Å²) in [5.41, 5.74) is -3.15. The van der Waals surface area contributed by atoms with Crippen molar-refractivity contribution in [2.45, 2.75) is 17.5 Å². The van der Waals surface area contributed by atoms with Gasteiger partial charge < -0.3 is 15.4 Å². The number of nitrogens with one attached hydrogen (secondary N) is 2. The minimum absolute atomic E-state index is 0.0177. The Labute approximate surface area is 195 Å². The number of anilines is 1. The number of imidazole rings is 1. The molecule has 1 amide bonds. The fourth-order valence-corrected chi connectivity index (χ4v) is 3.91. The molecule has 168 valence electrons. The van der Waals surface area contributed by atoms with Crippen LogP contribution in [0.1, 0.15) is 23.0 Å². The highest BCUT2D eigenvalue weighted by atomic mass is 79.9. The van der Waals surface area contributed by atoms with E-state index >= 15 is 0 Å². The molecule has 0 fully saturated rings. The van der Waals surface area contributed by atoms with Crippen molar-refractivity contribution in [1.29, 1.82) is 0 Å². The van der Waals surface area contributed by atoms with E-state index in [0.717, 1.165) is 0 Å². The molecule has 0 atom stereocenters. The number of methoxy groups -OCH3 is 1. The monoisotopic (exact) mass is 526 g/mol. The van der Waals surface area contributed by atoms with Gasteiger partial charge in [0.05, 0.1) is 23.8 Å². The lowest BCUT2D eigenvalue weighted by atomic mass is 10.1. The van der Waals surface area contributed by atoms with Gasteiger partial charge in [0.25, 0.3) is 5.91 Å². The zero-order valence-electron chi connectivity index (χ0n) is 17.0. The summed E-state index contributed by atoms with van der Waals surface area (Å²) < 4.78 is 46.4. The number of alkyl halides is 3. The van der Waals surface area contributed by atoms with Gasteiger partial charge in [-0.25, -0.2) is 4.98 Å². The fourth-order valence-electron chi connectivity index (χ4n) is 2.82. The Morgan fingerprint density at radius 3 is 2.81 bits per heavy atom. The SMILES string of the molecule is CCNC(=O)c1ccc(OC)c(NCC#Cc2nc3c(Br)cccn3c2SC(F)(F)F)c1. The second kappa shape index (κ2) is 10.2. The first-order chi connectivity index (χ1) is 15.2. The highest BCUT2D eigenvalue weighted by molar-refractivity contribution is 9.10. The first-order valence-electron chi connectivity index (χ1n) is 9.34. The van der Waals surface area contributed by atoms with E-state index < -0.39 is 5.51 Å². The third-order valence-electron chi connectivity index (χ3n) is 4.14. The number of hydrogen-bond acceptors (Lipinski definition) is 5. The van der Waals surface area contributed by atoms with Gasteiger partial charge in [-0.1, -0.05) is 5.92 Å². The van der Waals surface area contributed by atoms with E-state index in [9.17, 15) is 18.0 Å². The normalized spacial score (nSPS) is 11.1. The molecule has 0 saturated carbocycles. The smallest absolute Gasteiger partial charge is 0.447 e. The number of amides is 1. The lowest BCUT2D eigenvalue weighted by Gasteiger charge is -2.11. The van der Waals surface area contributed by atoms with Gasteiger partial charge in [0, 0.05) is 30.1 Å². The Bertz CT molecular complexity index is 1200. The second-order valence-corrected chi connectivity index (χ2v) is 8.20. The number of fused-ring (bicyclic) bond motifs is 1. The molecule has 6 nitrogen and oxygen atoms in total. The summed E-state index contributed by atoms with van der Waals surface area (Å²) in [6.45, 7) is 2.41. The highest BCUT2D eigenvalue weighted by Crippen LogP contribution is 2.39. The zero-order chi connectivity index (χ0) is 23.3. The van der Waals surface area contributed by atoms with Gasteiger partial charge in [-0.3, -0.25) is 9.20 Å². The Balaban J connectivity index is 1.85. The molecule has 0 unspecified atom stereocenters. The Kier molecular flexibility index (Phi) is 7.58. The zero-order valence-corrected chi connectivity index (χ0v) is 19.4. The predicted octanol–water partition coefficient (Wildman–Crippen LogP) is 4.93. The maximum absolute atomic E-state index is 13.1. The number of carbonyl (C=O) groups excluding carboxylic acids is 1. The number of hydrogen-bond donors (Lipinski definition) is 2. The van der Waals surface area contributed by atoms with E-state index in [-0.39, 0.29) is 34.9 Å². The van der Waals surface area contributed by atoms with E-state index in [1.807, 2.05) is 6.92 Å². The Hall–Kier alpha value is -2.84. The molecule has 0 aliphatic carbocycles. The number of pyridine rings is 1. The van der Waals surface area contributed by atoms with Gasteiger partial charge >= 0.3 is 5.51 Å². The van der Waals surface area contributed by atoms with Crippen molar-refractivity contribution in [2.75, 3.05) is 25.5 Å². The number of aromatic nitrogens is 2. The number of benzene rings is 1. The number of thioether (sulfide) groups is 1. The number of nitrogens with zero attached hydrogens (tertiary/aromatic N) is 2. The van der Waals surface area contributed by atoms with Crippen LogP contribution in [-0.2, 0) is 0 Å². The molecule has 2 aromatic heterocycles. The van der Waals surface area contributed by atoms with E-state index in [2.05, 4.69) is 43.4 Å². The van der Waals surface area contributed by atoms with E-state index in [1.54, 1.807) is 30.3 Å². The van der Waals surface area contributed by atoms with Crippen LogP contribution in [0.2, 0.25) is 0 Å². The number of carbonyl (C=O) groups is 1. The van der Waals surface area contributed by atoms with Gasteiger partial charge in [0.2, 0.25) is 0 Å². The average molecular weight is 527 g/mol. The summed E-state index contributed by atoms with van der Waals surface area (Å²) in [4.78, 5) is 16.3. The van der Waals surface area contributed by atoms with Gasteiger partial charge in [0.15, 0.2) is 5.65 Å². The molecular formula is C21H18BrF3N4O2S. The van der Waals surface area contributed by atoms with Crippen molar-refractivity contribution in [3.63, 3.8) is 0 Å². The first-order valence-corrected chi connectivity index (χ1v) is 11.0. The van der Waals surface area contributed by atoms with Crippen LogP contribution in [-0.4, -0.2) is 41.0 Å². The van der Waals surface area contributed by atoms with Crippen molar-refractivity contribution < 1.29 is 22.7 Å². The molecule has 0 saturated heterocycles. The van der Waals surface area contributed by atoms with Crippen molar-refractivity contribution in [3.8, 4) is 17.6 Å². The van der Waals surface area contributed by atoms with Crippen molar-refractivity contribution in [3.05, 3.63) is 52.3 Å². The summed E-state index contributed by atoms with van der Waals surface area (Å²) in [7, 11) is 1.49. The van der Waals surface area contributed by atoms with Crippen LogP contribution in [0, 0.1) is 11.8 Å². The summed E-state index contributed by atoms with van der Waals surface area (Å²) in [6, 6.07) is 8.22. The number of halogens is 4. The third kappa shape index (κ3) is 5.69. The Morgan fingerprint density at radius 1 is 1.34 bits per heavy atom. The third-order valence-corrected chi connectivity index (χ3v) is 5.58. The van der Waals surface area contributed by atoms with Crippen molar-refractivity contribution >= 4 is 44.9 Å². The van der Waals surface area contributed by atoms with E-state index in [4.69, 9.17) is 4.74 Å². The summed E-state index contributed by atoms with van der Waals surface area (Å²) >= 11 is 3.04. The quantitative estimate of drug-likeness (QED) is 0.352. The molecule has 11 heteroatoms. The standard InChI is InChI=1S/C21H18BrF3N4O2S/c1-3-26-19(30)13-8-9-17(31-2)16(12-13)27-10-4-7-15-20(32-21(23,24)25)29-11-5-6-14(22)18(29)28-15/h5-6,8-9,11-12,27H,3,10H2,1-2H3,(H,26,30). The minimum atomic E-state index is -4.49. The molecule has 0 aliphatic heterocycles. The predicted molar refractivity (Wildman–Crippen MR) is 121 cm³/mol. The molecule has 32 heavy (non-hydrogen) atoms. The topological polar surface area (TPSA) is 67.7 Å². The fraction of sp³-hybridized carbons (Fsp3) is 0.238. The summed E-state index contributed by atoms with van der Waals surface area (Å²) in [5, 5.41) is 5.63. The molecule has 2 heterocycles. The Morgan fingerprint density at radius 2 is 2.12 bits per heavy atom.